The van der Waals surface area contributed by atoms with Crippen LogP contribution in [0.25, 0.3) is 0 Å². The van der Waals surface area contributed by atoms with Crippen LogP contribution in [0.3, 0.4) is 0 Å². The molecule has 0 radical (unpaired) electrons. The lowest BCUT2D eigenvalue weighted by atomic mass is 9.89. The van der Waals surface area contributed by atoms with Crippen LogP contribution in [0.2, 0.25) is 0 Å². The molecule has 0 N–H and O–H groups in total. The number of hydrogen-bond donors (Lipinski definition) is 0. The summed E-state index contributed by atoms with van der Waals surface area (Å²) >= 11 is 0. The van der Waals surface area contributed by atoms with Crippen molar-refractivity contribution < 1.29 is 9.59 Å². The Morgan fingerprint density at radius 3 is 2.38 bits per heavy atom. The molecule has 0 fully saturated rings. The van der Waals surface area contributed by atoms with Gasteiger partial charge in [0.25, 0.3) is 0 Å². The van der Waals surface area contributed by atoms with Crippen LogP contribution in [0.1, 0.15) is 51.6 Å². The molecule has 1 heterocycles. The van der Waals surface area contributed by atoms with Crippen molar-refractivity contribution in [1.82, 2.24) is 0 Å². The third kappa shape index (κ3) is 3.36. The summed E-state index contributed by atoms with van der Waals surface area (Å²) in [6.07, 6.45) is 2.09. The maximum Gasteiger partial charge on any atom is 0.227 e. The first kappa shape index (κ1) is 18.2. The van der Waals surface area contributed by atoms with E-state index >= 15 is 0 Å². The number of fused-ring (bicyclic) bond motifs is 1. The SMILES string of the molecule is CCCC(=O)N1c2ccccc2[C@H](N(C(C)=O)c2ccccc2)C[C@@H]1C. The van der Waals surface area contributed by atoms with E-state index in [2.05, 4.69) is 6.92 Å². The molecule has 0 saturated carbocycles. The second-order valence-electron chi connectivity index (χ2n) is 6.90. The molecule has 0 aromatic heterocycles. The van der Waals surface area contributed by atoms with Gasteiger partial charge < -0.3 is 9.80 Å². The van der Waals surface area contributed by atoms with Crippen molar-refractivity contribution in [2.45, 2.75) is 52.1 Å². The summed E-state index contributed by atoms with van der Waals surface area (Å²) in [6.45, 7) is 5.70. The van der Waals surface area contributed by atoms with Crippen molar-refractivity contribution in [2.24, 2.45) is 0 Å². The highest BCUT2D eigenvalue weighted by atomic mass is 16.2. The molecular formula is C22H26N2O2. The van der Waals surface area contributed by atoms with E-state index in [0.29, 0.717) is 6.42 Å². The molecule has 26 heavy (non-hydrogen) atoms. The minimum absolute atomic E-state index is 0.0107. The molecule has 3 rings (SSSR count). The fourth-order valence-electron chi connectivity index (χ4n) is 3.91. The Morgan fingerprint density at radius 2 is 1.73 bits per heavy atom. The Bertz CT molecular complexity index is 788. The van der Waals surface area contributed by atoms with Crippen molar-refractivity contribution in [2.75, 3.05) is 9.80 Å². The summed E-state index contributed by atoms with van der Waals surface area (Å²) in [5.41, 5.74) is 2.85. The van der Waals surface area contributed by atoms with E-state index in [1.807, 2.05) is 71.3 Å². The van der Waals surface area contributed by atoms with Crippen LogP contribution in [-0.2, 0) is 9.59 Å². The molecule has 1 aliphatic rings. The summed E-state index contributed by atoms with van der Waals surface area (Å²) in [5.74, 6) is 0.163. The molecular weight excluding hydrogens is 324 g/mol. The van der Waals surface area contributed by atoms with E-state index in [0.717, 1.165) is 29.8 Å². The van der Waals surface area contributed by atoms with Gasteiger partial charge in [-0.2, -0.15) is 0 Å². The van der Waals surface area contributed by atoms with Gasteiger partial charge in [0.2, 0.25) is 11.8 Å². The van der Waals surface area contributed by atoms with E-state index in [1.54, 1.807) is 6.92 Å². The maximum atomic E-state index is 12.7. The molecule has 0 spiro atoms. The number of anilines is 2. The number of amides is 2. The summed E-state index contributed by atoms with van der Waals surface area (Å²) < 4.78 is 0. The molecule has 2 aromatic carbocycles. The molecule has 0 bridgehead atoms. The van der Waals surface area contributed by atoms with E-state index in [-0.39, 0.29) is 23.9 Å². The second-order valence-corrected chi connectivity index (χ2v) is 6.90. The number of hydrogen-bond acceptors (Lipinski definition) is 2. The molecule has 0 unspecified atom stereocenters. The van der Waals surface area contributed by atoms with Crippen molar-refractivity contribution >= 4 is 23.2 Å². The zero-order valence-corrected chi connectivity index (χ0v) is 15.7. The number of carbonyl (C=O) groups excluding carboxylic acids is 2. The first-order valence-electron chi connectivity index (χ1n) is 9.30. The zero-order chi connectivity index (χ0) is 18.7. The van der Waals surface area contributed by atoms with Gasteiger partial charge in [-0.1, -0.05) is 43.3 Å². The van der Waals surface area contributed by atoms with Crippen LogP contribution in [0.15, 0.2) is 54.6 Å². The summed E-state index contributed by atoms with van der Waals surface area (Å²) in [6, 6.07) is 17.7. The Morgan fingerprint density at radius 1 is 1.08 bits per heavy atom. The van der Waals surface area contributed by atoms with Gasteiger partial charge in [-0.05, 0) is 43.5 Å². The minimum atomic E-state index is -0.0771. The third-order valence-electron chi connectivity index (χ3n) is 4.98. The van der Waals surface area contributed by atoms with Crippen LogP contribution in [-0.4, -0.2) is 17.9 Å². The fraction of sp³-hybridized carbons (Fsp3) is 0.364. The van der Waals surface area contributed by atoms with E-state index in [4.69, 9.17) is 0 Å². The molecule has 136 valence electrons. The number of nitrogens with zero attached hydrogens (tertiary/aromatic N) is 2. The number of benzene rings is 2. The standard InChI is InChI=1S/C22H26N2O2/c1-4-10-22(26)23-16(2)15-21(19-13-8-9-14-20(19)23)24(17(3)25)18-11-6-5-7-12-18/h5-9,11-14,16,21H,4,10,15H2,1-3H3/t16-,21+/m0/s1. The second kappa shape index (κ2) is 7.73. The molecule has 2 atom stereocenters. The van der Waals surface area contributed by atoms with E-state index < -0.39 is 0 Å². The van der Waals surface area contributed by atoms with Crippen LogP contribution in [0.4, 0.5) is 11.4 Å². The van der Waals surface area contributed by atoms with Crippen molar-refractivity contribution in [3.05, 3.63) is 60.2 Å². The smallest absolute Gasteiger partial charge is 0.227 e. The average Bonchev–Trinajstić information content (AvgIpc) is 2.62. The van der Waals surface area contributed by atoms with Gasteiger partial charge in [-0.25, -0.2) is 0 Å². The molecule has 2 aromatic rings. The largest absolute Gasteiger partial charge is 0.309 e. The maximum absolute atomic E-state index is 12.7. The van der Waals surface area contributed by atoms with Gasteiger partial charge in [-0.3, -0.25) is 9.59 Å². The van der Waals surface area contributed by atoms with Crippen molar-refractivity contribution in [1.29, 1.82) is 0 Å². The molecule has 1 aliphatic heterocycles. The summed E-state index contributed by atoms with van der Waals surface area (Å²) in [4.78, 5) is 29.0. The lowest BCUT2D eigenvalue weighted by molar-refractivity contribution is -0.119. The van der Waals surface area contributed by atoms with Gasteiger partial charge in [0.05, 0.1) is 6.04 Å². The molecule has 0 saturated heterocycles. The predicted octanol–water partition coefficient (Wildman–Crippen LogP) is 4.71. The third-order valence-corrected chi connectivity index (χ3v) is 4.98. The Kier molecular flexibility index (Phi) is 5.40. The van der Waals surface area contributed by atoms with Gasteiger partial charge in [0.1, 0.15) is 0 Å². The van der Waals surface area contributed by atoms with E-state index in [9.17, 15) is 9.59 Å². The van der Waals surface area contributed by atoms with Gasteiger partial charge in [0, 0.05) is 30.8 Å². The lowest BCUT2D eigenvalue weighted by Crippen LogP contribution is -2.47. The van der Waals surface area contributed by atoms with Crippen LogP contribution in [0, 0.1) is 0 Å². The highest BCUT2D eigenvalue weighted by Crippen LogP contribution is 2.42. The van der Waals surface area contributed by atoms with Crippen molar-refractivity contribution in [3.8, 4) is 0 Å². The van der Waals surface area contributed by atoms with Gasteiger partial charge >= 0.3 is 0 Å². The monoisotopic (exact) mass is 350 g/mol. The lowest BCUT2D eigenvalue weighted by Gasteiger charge is -2.43. The highest BCUT2D eigenvalue weighted by Gasteiger charge is 2.37. The number of para-hydroxylation sites is 2. The summed E-state index contributed by atoms with van der Waals surface area (Å²) in [5, 5.41) is 0. The Balaban J connectivity index is 2.07. The van der Waals surface area contributed by atoms with Crippen LogP contribution in [0.5, 0.6) is 0 Å². The zero-order valence-electron chi connectivity index (χ0n) is 15.7. The van der Waals surface area contributed by atoms with Gasteiger partial charge in [-0.15, -0.1) is 0 Å². The van der Waals surface area contributed by atoms with E-state index in [1.165, 1.54) is 0 Å². The molecule has 4 nitrogen and oxygen atoms in total. The topological polar surface area (TPSA) is 40.6 Å². The average molecular weight is 350 g/mol. The van der Waals surface area contributed by atoms with Crippen LogP contribution < -0.4 is 9.80 Å². The number of rotatable bonds is 4. The molecule has 4 heteroatoms. The first-order chi connectivity index (χ1) is 12.5. The minimum Gasteiger partial charge on any atom is -0.309 e. The number of carbonyl (C=O) groups is 2. The Labute approximate surface area is 155 Å². The normalized spacial score (nSPS) is 19.0. The predicted molar refractivity (Wildman–Crippen MR) is 105 cm³/mol. The quantitative estimate of drug-likeness (QED) is 0.801. The van der Waals surface area contributed by atoms with Crippen LogP contribution >= 0.6 is 0 Å². The first-order valence-corrected chi connectivity index (χ1v) is 9.30. The van der Waals surface area contributed by atoms with Crippen molar-refractivity contribution in [3.63, 3.8) is 0 Å². The van der Waals surface area contributed by atoms with Gasteiger partial charge in [0.15, 0.2) is 0 Å². The Hall–Kier alpha value is -2.62. The fourth-order valence-corrected chi connectivity index (χ4v) is 3.91. The summed E-state index contributed by atoms with van der Waals surface area (Å²) in [7, 11) is 0. The molecule has 0 aliphatic carbocycles. The highest BCUT2D eigenvalue weighted by molar-refractivity contribution is 5.97. The molecule has 2 amide bonds.